The Morgan fingerprint density at radius 1 is 1.05 bits per heavy atom. The molecule has 1 nitrogen and oxygen atoms in total. The van der Waals surface area contributed by atoms with Crippen molar-refractivity contribution in [1.82, 2.24) is 0 Å². The molecule has 0 bridgehead atoms. The average Bonchev–Trinajstić information content (AvgIpc) is 2.85. The lowest BCUT2D eigenvalue weighted by Gasteiger charge is -2.09. The predicted octanol–water partition coefficient (Wildman–Crippen LogP) is 4.91. The van der Waals surface area contributed by atoms with E-state index in [4.69, 9.17) is 5.73 Å². The number of nitrogens with two attached hydrogens (primary N) is 1. The molecule has 0 spiro atoms. The van der Waals surface area contributed by atoms with E-state index < -0.39 is 0 Å². The van der Waals surface area contributed by atoms with E-state index in [1.807, 2.05) is 0 Å². The number of halogens is 1. The lowest BCUT2D eigenvalue weighted by molar-refractivity contribution is 0.737. The van der Waals surface area contributed by atoms with Crippen LogP contribution in [0.3, 0.4) is 0 Å². The maximum atomic E-state index is 6.33. The molecule has 0 amide bonds. The fourth-order valence-electron chi connectivity index (χ4n) is 2.16. The quantitative estimate of drug-likeness (QED) is 0.725. The lowest BCUT2D eigenvalue weighted by Crippen LogP contribution is -2.11. The summed E-state index contributed by atoms with van der Waals surface area (Å²) in [6.07, 6.45) is 0.875. The highest BCUT2D eigenvalue weighted by molar-refractivity contribution is 9.10. The predicted molar refractivity (Wildman–Crippen MR) is 86.6 cm³/mol. The molecule has 1 aromatic heterocycles. The van der Waals surface area contributed by atoms with Gasteiger partial charge in [-0.15, -0.1) is 11.3 Å². The van der Waals surface area contributed by atoms with Gasteiger partial charge in [-0.2, -0.15) is 0 Å². The molecule has 96 valence electrons. The standard InChI is InChI=1S/C16H14BrNS/c17-13-7-5-11(6-8-13)9-14(18)16-10-12-3-1-2-4-15(12)19-16/h1-8,10,14H,9,18H2. The van der Waals surface area contributed by atoms with Crippen LogP contribution in [0.2, 0.25) is 0 Å². The van der Waals surface area contributed by atoms with Gasteiger partial charge in [0.05, 0.1) is 0 Å². The highest BCUT2D eigenvalue weighted by Crippen LogP contribution is 2.30. The minimum Gasteiger partial charge on any atom is -0.323 e. The van der Waals surface area contributed by atoms with Crippen molar-refractivity contribution >= 4 is 37.4 Å². The number of thiophene rings is 1. The van der Waals surface area contributed by atoms with Gasteiger partial charge in [0, 0.05) is 20.1 Å². The van der Waals surface area contributed by atoms with Crippen molar-refractivity contribution < 1.29 is 0 Å². The molecule has 1 unspecified atom stereocenters. The van der Waals surface area contributed by atoms with E-state index in [9.17, 15) is 0 Å². The van der Waals surface area contributed by atoms with Crippen molar-refractivity contribution in [2.75, 3.05) is 0 Å². The highest BCUT2D eigenvalue weighted by Gasteiger charge is 2.10. The fraction of sp³-hybridized carbons (Fsp3) is 0.125. The zero-order valence-electron chi connectivity index (χ0n) is 10.3. The molecule has 19 heavy (non-hydrogen) atoms. The third-order valence-corrected chi connectivity index (χ3v) is 4.96. The molecular weight excluding hydrogens is 318 g/mol. The molecule has 2 N–H and O–H groups in total. The molecule has 2 aromatic carbocycles. The highest BCUT2D eigenvalue weighted by atomic mass is 79.9. The molecule has 0 aliphatic heterocycles. The van der Waals surface area contributed by atoms with Gasteiger partial charge < -0.3 is 5.73 Å². The second-order valence-electron chi connectivity index (χ2n) is 4.62. The van der Waals surface area contributed by atoms with Crippen molar-refractivity contribution in [2.45, 2.75) is 12.5 Å². The molecule has 1 heterocycles. The Labute approximate surface area is 125 Å². The maximum Gasteiger partial charge on any atom is 0.0431 e. The van der Waals surface area contributed by atoms with E-state index >= 15 is 0 Å². The minimum absolute atomic E-state index is 0.0681. The fourth-order valence-corrected chi connectivity index (χ4v) is 3.49. The van der Waals surface area contributed by atoms with Gasteiger partial charge >= 0.3 is 0 Å². The molecule has 0 saturated carbocycles. The second-order valence-corrected chi connectivity index (χ2v) is 6.65. The first-order valence-electron chi connectivity index (χ1n) is 6.21. The van der Waals surface area contributed by atoms with Gasteiger partial charge in [-0.25, -0.2) is 0 Å². The van der Waals surface area contributed by atoms with Gasteiger partial charge in [-0.1, -0.05) is 46.3 Å². The second kappa shape index (κ2) is 5.45. The maximum absolute atomic E-state index is 6.33. The summed E-state index contributed by atoms with van der Waals surface area (Å²) in [5, 5.41) is 1.29. The lowest BCUT2D eigenvalue weighted by atomic mass is 10.1. The van der Waals surface area contributed by atoms with Crippen molar-refractivity contribution in [1.29, 1.82) is 0 Å². The van der Waals surface area contributed by atoms with Crippen molar-refractivity contribution in [3.05, 3.63) is 69.5 Å². The Morgan fingerprint density at radius 2 is 1.79 bits per heavy atom. The van der Waals surface area contributed by atoms with Crippen LogP contribution in [0.5, 0.6) is 0 Å². The van der Waals surface area contributed by atoms with Gasteiger partial charge in [0.1, 0.15) is 0 Å². The number of hydrogen-bond acceptors (Lipinski definition) is 2. The molecule has 0 radical (unpaired) electrons. The summed E-state index contributed by atoms with van der Waals surface area (Å²) in [5.41, 5.74) is 7.60. The summed E-state index contributed by atoms with van der Waals surface area (Å²) in [4.78, 5) is 1.25. The molecule has 3 rings (SSSR count). The monoisotopic (exact) mass is 331 g/mol. The first-order valence-corrected chi connectivity index (χ1v) is 7.82. The van der Waals surface area contributed by atoms with Gasteiger partial charge in [0.25, 0.3) is 0 Å². The summed E-state index contributed by atoms with van der Waals surface area (Å²) in [6, 6.07) is 19.1. The molecule has 3 aromatic rings. The average molecular weight is 332 g/mol. The summed E-state index contributed by atoms with van der Waals surface area (Å²) < 4.78 is 2.41. The van der Waals surface area contributed by atoms with E-state index in [0.717, 1.165) is 10.9 Å². The molecule has 0 saturated heterocycles. The Hall–Kier alpha value is -1.16. The van der Waals surface area contributed by atoms with Crippen molar-refractivity contribution in [2.24, 2.45) is 5.73 Å². The van der Waals surface area contributed by atoms with Crippen LogP contribution in [0.1, 0.15) is 16.5 Å². The zero-order valence-corrected chi connectivity index (χ0v) is 12.7. The van der Waals surface area contributed by atoms with E-state index in [2.05, 4.69) is 70.5 Å². The van der Waals surface area contributed by atoms with Gasteiger partial charge in [0.15, 0.2) is 0 Å². The molecule has 0 aliphatic rings. The Balaban J connectivity index is 1.83. The summed E-state index contributed by atoms with van der Waals surface area (Å²) in [7, 11) is 0. The number of fused-ring (bicyclic) bond motifs is 1. The van der Waals surface area contributed by atoms with Crippen LogP contribution in [0.15, 0.2) is 59.1 Å². The molecule has 1 atom stereocenters. The van der Waals surface area contributed by atoms with Crippen LogP contribution >= 0.6 is 27.3 Å². The Bertz CT molecular complexity index is 654. The molecule has 0 aliphatic carbocycles. The number of benzene rings is 2. The first-order chi connectivity index (χ1) is 9.22. The molecule has 0 fully saturated rings. The van der Waals surface area contributed by atoms with Gasteiger partial charge in [-0.3, -0.25) is 0 Å². The van der Waals surface area contributed by atoms with Gasteiger partial charge in [-0.05, 0) is 41.6 Å². The van der Waals surface area contributed by atoms with Crippen LogP contribution in [-0.2, 0) is 6.42 Å². The smallest absolute Gasteiger partial charge is 0.0431 e. The third kappa shape index (κ3) is 2.89. The third-order valence-electron chi connectivity index (χ3n) is 3.18. The summed E-state index contributed by atoms with van der Waals surface area (Å²) in [6.45, 7) is 0. The van der Waals surface area contributed by atoms with Crippen molar-refractivity contribution in [3.8, 4) is 0 Å². The molecule has 3 heteroatoms. The Morgan fingerprint density at radius 3 is 2.53 bits per heavy atom. The molecular formula is C16H14BrNS. The largest absolute Gasteiger partial charge is 0.323 e. The van der Waals surface area contributed by atoms with Crippen LogP contribution in [0.4, 0.5) is 0 Å². The van der Waals surface area contributed by atoms with Crippen LogP contribution in [0, 0.1) is 0 Å². The van der Waals surface area contributed by atoms with Crippen LogP contribution in [0.25, 0.3) is 10.1 Å². The Kier molecular flexibility index (Phi) is 3.69. The van der Waals surface area contributed by atoms with E-state index in [-0.39, 0.29) is 6.04 Å². The normalized spacial score (nSPS) is 12.7. The topological polar surface area (TPSA) is 26.0 Å². The minimum atomic E-state index is 0.0681. The number of hydrogen-bond donors (Lipinski definition) is 1. The summed E-state index contributed by atoms with van der Waals surface area (Å²) in [5.74, 6) is 0. The van der Waals surface area contributed by atoms with E-state index in [1.54, 1.807) is 11.3 Å². The zero-order chi connectivity index (χ0) is 13.2. The SMILES string of the molecule is NC(Cc1ccc(Br)cc1)c1cc2ccccc2s1. The van der Waals surface area contributed by atoms with E-state index in [1.165, 1.54) is 20.5 Å². The van der Waals surface area contributed by atoms with E-state index in [0.29, 0.717) is 0 Å². The summed E-state index contributed by atoms with van der Waals surface area (Å²) >= 11 is 5.24. The first kappa shape index (κ1) is 12.9. The van der Waals surface area contributed by atoms with Gasteiger partial charge in [0.2, 0.25) is 0 Å². The van der Waals surface area contributed by atoms with Crippen molar-refractivity contribution in [3.63, 3.8) is 0 Å². The van der Waals surface area contributed by atoms with Crippen LogP contribution in [-0.4, -0.2) is 0 Å². The van der Waals surface area contributed by atoms with Crippen LogP contribution < -0.4 is 5.73 Å². The number of rotatable bonds is 3.